The van der Waals surface area contributed by atoms with Crippen molar-refractivity contribution < 1.29 is 14.1 Å². The molecule has 0 aliphatic rings. The number of pyridine rings is 1. The molecule has 7 nitrogen and oxygen atoms in total. The summed E-state index contributed by atoms with van der Waals surface area (Å²) in [5, 5.41) is 10.4. The van der Waals surface area contributed by atoms with Crippen LogP contribution in [0.25, 0.3) is 11.1 Å². The minimum Gasteiger partial charge on any atom is -0.340 e. The number of rotatable bonds is 7. The van der Waals surface area contributed by atoms with Gasteiger partial charge in [0.2, 0.25) is 5.91 Å². The number of carbonyl (C=O) groups is 2. The summed E-state index contributed by atoms with van der Waals surface area (Å²) in [4.78, 5) is 30.2. The highest BCUT2D eigenvalue weighted by atomic mass is 16.5. The lowest BCUT2D eigenvalue weighted by Crippen LogP contribution is -2.45. The van der Waals surface area contributed by atoms with E-state index >= 15 is 0 Å². The normalized spacial score (nSPS) is 11.8. The van der Waals surface area contributed by atoms with Gasteiger partial charge in [-0.05, 0) is 30.2 Å². The number of nitrogens with one attached hydrogen (secondary N) is 2. The lowest BCUT2D eigenvalue weighted by atomic mass is 10.0. The summed E-state index contributed by atoms with van der Waals surface area (Å²) < 4.78 is 5.18. The van der Waals surface area contributed by atoms with E-state index in [9.17, 15) is 9.59 Å². The number of benzene rings is 2. The van der Waals surface area contributed by atoms with E-state index in [-0.39, 0.29) is 11.8 Å². The van der Waals surface area contributed by atoms with E-state index in [1.54, 1.807) is 18.2 Å². The van der Waals surface area contributed by atoms with E-state index in [0.717, 1.165) is 11.3 Å². The van der Waals surface area contributed by atoms with Crippen molar-refractivity contribution >= 4 is 28.6 Å². The monoisotopic (exact) mass is 414 g/mol. The Morgan fingerprint density at radius 1 is 1.03 bits per heavy atom. The Balaban J connectivity index is 1.57. The van der Waals surface area contributed by atoms with E-state index in [1.807, 2.05) is 55.5 Å². The molecule has 1 unspecified atom stereocenters. The van der Waals surface area contributed by atoms with Gasteiger partial charge in [-0.2, -0.15) is 0 Å². The number of aryl methyl sites for hydroxylation is 1. The molecule has 156 valence electrons. The Kier molecular flexibility index (Phi) is 6.03. The lowest BCUT2D eigenvalue weighted by Gasteiger charge is -2.19. The maximum Gasteiger partial charge on any atom is 0.257 e. The molecule has 2 amide bonds. The number of anilines is 1. The van der Waals surface area contributed by atoms with Crippen LogP contribution < -0.4 is 10.6 Å². The number of nitrogens with zero attached hydrogens (tertiary/aromatic N) is 2. The third kappa shape index (κ3) is 4.78. The summed E-state index contributed by atoms with van der Waals surface area (Å²) in [6.07, 6.45) is 2.45. The van der Waals surface area contributed by atoms with E-state index in [1.165, 1.54) is 6.20 Å². The van der Waals surface area contributed by atoms with Crippen LogP contribution in [-0.2, 0) is 17.6 Å². The van der Waals surface area contributed by atoms with Crippen LogP contribution in [-0.4, -0.2) is 28.0 Å². The molecule has 0 saturated carbocycles. The second-order valence-electron chi connectivity index (χ2n) is 7.13. The number of hydrogen-bond donors (Lipinski definition) is 2. The van der Waals surface area contributed by atoms with Gasteiger partial charge in [0, 0.05) is 18.3 Å². The zero-order chi connectivity index (χ0) is 21.6. The molecule has 2 aromatic carbocycles. The van der Waals surface area contributed by atoms with Crippen molar-refractivity contribution in [3.8, 4) is 0 Å². The van der Waals surface area contributed by atoms with Crippen LogP contribution >= 0.6 is 0 Å². The number of aromatic nitrogens is 2. The molecule has 2 aromatic heterocycles. The second-order valence-corrected chi connectivity index (χ2v) is 7.13. The molecule has 1 atom stereocenters. The Morgan fingerprint density at radius 2 is 1.74 bits per heavy atom. The first-order valence-electron chi connectivity index (χ1n) is 10.1. The van der Waals surface area contributed by atoms with Crippen molar-refractivity contribution in [3.63, 3.8) is 0 Å². The second kappa shape index (κ2) is 9.21. The van der Waals surface area contributed by atoms with Gasteiger partial charge in [-0.1, -0.05) is 60.6 Å². The first kappa shape index (κ1) is 20.3. The fourth-order valence-corrected chi connectivity index (χ4v) is 3.31. The Labute approximate surface area is 179 Å². The molecule has 0 radical (unpaired) electrons. The fourth-order valence-electron chi connectivity index (χ4n) is 3.31. The highest BCUT2D eigenvalue weighted by molar-refractivity contribution is 6.02. The van der Waals surface area contributed by atoms with Crippen molar-refractivity contribution in [1.29, 1.82) is 0 Å². The van der Waals surface area contributed by atoms with E-state index in [0.29, 0.717) is 35.2 Å². The van der Waals surface area contributed by atoms with Gasteiger partial charge in [-0.25, -0.2) is 4.98 Å². The molecule has 2 heterocycles. The topological polar surface area (TPSA) is 97.1 Å². The van der Waals surface area contributed by atoms with E-state index < -0.39 is 6.04 Å². The van der Waals surface area contributed by atoms with Crippen LogP contribution in [0.2, 0.25) is 0 Å². The highest BCUT2D eigenvalue weighted by Crippen LogP contribution is 2.18. The molecule has 2 N–H and O–H groups in total. The van der Waals surface area contributed by atoms with Crippen molar-refractivity contribution in [1.82, 2.24) is 15.5 Å². The zero-order valence-corrected chi connectivity index (χ0v) is 17.0. The molecule has 4 rings (SSSR count). The summed E-state index contributed by atoms with van der Waals surface area (Å²) in [5.74, 6) is -0.682. The number of para-hydroxylation sites is 1. The van der Waals surface area contributed by atoms with Crippen LogP contribution in [0.5, 0.6) is 0 Å². The van der Waals surface area contributed by atoms with Gasteiger partial charge in [0.1, 0.15) is 6.04 Å². The molecule has 7 heteroatoms. The van der Waals surface area contributed by atoms with Gasteiger partial charge >= 0.3 is 0 Å². The standard InChI is InChI=1S/C24H22N4O3/c1-2-20-19-14-17(15-25-24(19)31-28-20)22(29)27-21(13-16-9-5-3-6-10-16)23(30)26-18-11-7-4-8-12-18/h3-12,14-15,21H,2,13H2,1H3,(H,26,30)(H,27,29). The predicted octanol–water partition coefficient (Wildman–Crippen LogP) is 3.77. The molecule has 0 aliphatic carbocycles. The summed E-state index contributed by atoms with van der Waals surface area (Å²) in [6.45, 7) is 1.95. The Hall–Kier alpha value is -4.00. The maximum atomic E-state index is 13.0. The average molecular weight is 414 g/mol. The molecule has 0 aliphatic heterocycles. The summed E-state index contributed by atoms with van der Waals surface area (Å²) in [6, 6.07) is 19.6. The van der Waals surface area contributed by atoms with Crippen molar-refractivity contribution in [2.24, 2.45) is 0 Å². The van der Waals surface area contributed by atoms with Crippen LogP contribution in [0.3, 0.4) is 0 Å². The van der Waals surface area contributed by atoms with E-state index in [2.05, 4.69) is 20.8 Å². The highest BCUT2D eigenvalue weighted by Gasteiger charge is 2.23. The molecule has 0 spiro atoms. The number of fused-ring (bicyclic) bond motifs is 1. The summed E-state index contributed by atoms with van der Waals surface area (Å²) >= 11 is 0. The van der Waals surface area contributed by atoms with Crippen molar-refractivity contribution in [3.05, 3.63) is 89.7 Å². The van der Waals surface area contributed by atoms with Crippen LogP contribution in [0.4, 0.5) is 5.69 Å². The van der Waals surface area contributed by atoms with Crippen molar-refractivity contribution in [2.75, 3.05) is 5.32 Å². The largest absolute Gasteiger partial charge is 0.340 e. The Morgan fingerprint density at radius 3 is 2.45 bits per heavy atom. The van der Waals surface area contributed by atoms with Gasteiger partial charge in [0.05, 0.1) is 16.6 Å². The molecule has 4 aromatic rings. The molecular formula is C24H22N4O3. The molecule has 0 bridgehead atoms. The summed E-state index contributed by atoms with van der Waals surface area (Å²) in [5.41, 5.74) is 3.07. The van der Waals surface area contributed by atoms with Gasteiger partial charge in [-0.3, -0.25) is 9.59 Å². The third-order valence-electron chi connectivity index (χ3n) is 4.95. The predicted molar refractivity (Wildman–Crippen MR) is 118 cm³/mol. The molecule has 31 heavy (non-hydrogen) atoms. The number of amides is 2. The third-order valence-corrected chi connectivity index (χ3v) is 4.95. The summed E-state index contributed by atoms with van der Waals surface area (Å²) in [7, 11) is 0. The minimum absolute atomic E-state index is 0.295. The van der Waals surface area contributed by atoms with E-state index in [4.69, 9.17) is 4.52 Å². The molecule has 0 saturated heterocycles. The first-order valence-corrected chi connectivity index (χ1v) is 10.1. The molecular weight excluding hydrogens is 392 g/mol. The number of carbonyl (C=O) groups excluding carboxylic acids is 2. The van der Waals surface area contributed by atoms with Crippen molar-refractivity contribution in [2.45, 2.75) is 25.8 Å². The smallest absolute Gasteiger partial charge is 0.257 e. The average Bonchev–Trinajstić information content (AvgIpc) is 3.22. The number of hydrogen-bond acceptors (Lipinski definition) is 5. The lowest BCUT2D eigenvalue weighted by molar-refractivity contribution is -0.118. The SMILES string of the molecule is CCc1noc2ncc(C(=O)NC(Cc3ccccc3)C(=O)Nc3ccccc3)cc12. The van der Waals surface area contributed by atoms with Crippen LogP contribution in [0.15, 0.2) is 77.4 Å². The first-order chi connectivity index (χ1) is 15.1. The fraction of sp³-hybridized carbons (Fsp3) is 0.167. The quantitative estimate of drug-likeness (QED) is 0.480. The minimum atomic E-state index is -0.765. The van der Waals surface area contributed by atoms with Crippen LogP contribution in [0, 0.1) is 0 Å². The zero-order valence-electron chi connectivity index (χ0n) is 17.0. The van der Waals surface area contributed by atoms with Gasteiger partial charge in [0.15, 0.2) is 0 Å². The maximum absolute atomic E-state index is 13.0. The van der Waals surface area contributed by atoms with Gasteiger partial charge in [0.25, 0.3) is 11.6 Å². The van der Waals surface area contributed by atoms with Gasteiger partial charge in [-0.15, -0.1) is 0 Å². The van der Waals surface area contributed by atoms with Gasteiger partial charge < -0.3 is 15.2 Å². The Bertz CT molecular complexity index is 1190. The molecule has 0 fully saturated rings. The van der Waals surface area contributed by atoms with Crippen LogP contribution in [0.1, 0.15) is 28.5 Å².